The molecule has 144 valence electrons. The van der Waals surface area contributed by atoms with Gasteiger partial charge in [-0.2, -0.15) is 0 Å². The summed E-state index contributed by atoms with van der Waals surface area (Å²) in [4.78, 5) is 20.4. The van der Waals surface area contributed by atoms with Crippen molar-refractivity contribution in [2.75, 3.05) is 46.2 Å². The van der Waals surface area contributed by atoms with Crippen molar-refractivity contribution in [3.8, 4) is 5.75 Å². The summed E-state index contributed by atoms with van der Waals surface area (Å²) < 4.78 is 5.12. The number of nitrogens with zero attached hydrogens (tertiary/aromatic N) is 3. The van der Waals surface area contributed by atoms with Gasteiger partial charge in [-0.15, -0.1) is 0 Å². The molecule has 0 aliphatic carbocycles. The third kappa shape index (κ3) is 5.51. The second-order valence-corrected chi connectivity index (χ2v) is 6.93. The van der Waals surface area contributed by atoms with E-state index >= 15 is 0 Å². The molecule has 1 heterocycles. The first-order valence-corrected chi connectivity index (χ1v) is 9.16. The Balaban J connectivity index is 1.79. The zero-order valence-electron chi connectivity index (χ0n) is 15.7. The monoisotopic (exact) mass is 381 g/mol. The molecule has 1 saturated heterocycles. The van der Waals surface area contributed by atoms with Gasteiger partial charge in [-0.25, -0.2) is 0 Å². The smallest absolute Gasteiger partial charge is 0.239 e. The number of halogens is 1. The van der Waals surface area contributed by atoms with E-state index in [-0.39, 0.29) is 11.9 Å². The molecule has 0 radical (unpaired) electrons. The zero-order chi connectivity index (χ0) is 19.1. The summed E-state index contributed by atoms with van der Waals surface area (Å²) in [6, 6.07) is 5.35. The number of likely N-dealkylation sites (tertiary alicyclic amines) is 1. The lowest BCUT2D eigenvalue weighted by Gasteiger charge is -2.25. The maximum atomic E-state index is 12.2. The SMILES string of the molecule is COc1ccc(NC(N)=NCCCN2CCCC2C(=O)N(C)C)cc1Cl. The maximum Gasteiger partial charge on any atom is 0.239 e. The summed E-state index contributed by atoms with van der Waals surface area (Å²) in [7, 11) is 5.18. The number of carbonyl (C=O) groups excluding carboxylic acids is 1. The van der Waals surface area contributed by atoms with Crippen molar-refractivity contribution >= 4 is 29.2 Å². The molecule has 1 amide bonds. The number of ether oxygens (including phenoxy) is 1. The number of hydrogen-bond donors (Lipinski definition) is 2. The highest BCUT2D eigenvalue weighted by molar-refractivity contribution is 6.32. The highest BCUT2D eigenvalue weighted by Gasteiger charge is 2.30. The van der Waals surface area contributed by atoms with E-state index in [1.54, 1.807) is 38.2 Å². The van der Waals surface area contributed by atoms with Crippen LogP contribution in [-0.4, -0.2) is 68.5 Å². The summed E-state index contributed by atoms with van der Waals surface area (Å²) in [6.07, 6.45) is 2.85. The summed E-state index contributed by atoms with van der Waals surface area (Å²) in [5.74, 6) is 1.14. The van der Waals surface area contributed by atoms with Gasteiger partial charge in [-0.1, -0.05) is 11.6 Å². The molecule has 8 heteroatoms. The number of benzene rings is 1. The maximum absolute atomic E-state index is 12.2. The number of nitrogens with one attached hydrogen (secondary N) is 1. The lowest BCUT2D eigenvalue weighted by atomic mass is 10.2. The summed E-state index contributed by atoms with van der Waals surface area (Å²) in [6.45, 7) is 2.41. The molecule has 26 heavy (non-hydrogen) atoms. The fraction of sp³-hybridized carbons (Fsp3) is 0.556. The number of hydrogen-bond acceptors (Lipinski definition) is 4. The fourth-order valence-electron chi connectivity index (χ4n) is 3.08. The second kappa shape index (κ2) is 9.64. The van der Waals surface area contributed by atoms with Crippen LogP contribution >= 0.6 is 11.6 Å². The van der Waals surface area contributed by atoms with Crippen molar-refractivity contribution in [2.24, 2.45) is 10.7 Å². The van der Waals surface area contributed by atoms with E-state index in [2.05, 4.69) is 15.2 Å². The van der Waals surface area contributed by atoms with Crippen LogP contribution in [0.15, 0.2) is 23.2 Å². The van der Waals surface area contributed by atoms with Gasteiger partial charge in [0.2, 0.25) is 5.91 Å². The standard InChI is InChI=1S/C18H28ClN5O2/c1-23(2)17(25)15-6-4-10-24(15)11-5-9-21-18(20)22-13-7-8-16(26-3)14(19)12-13/h7-8,12,15H,4-6,9-11H2,1-3H3,(H3,20,21,22). The van der Waals surface area contributed by atoms with E-state index < -0.39 is 0 Å². The van der Waals surface area contributed by atoms with Crippen molar-refractivity contribution in [1.29, 1.82) is 0 Å². The summed E-state index contributed by atoms with van der Waals surface area (Å²) in [5, 5.41) is 3.53. The molecule has 1 aromatic carbocycles. The Bertz CT molecular complexity index is 650. The molecule has 1 aliphatic heterocycles. The first-order chi connectivity index (χ1) is 12.4. The molecule has 0 saturated carbocycles. The van der Waals surface area contributed by atoms with E-state index in [1.807, 2.05) is 6.07 Å². The number of nitrogens with two attached hydrogens (primary N) is 1. The number of carbonyl (C=O) groups is 1. The minimum atomic E-state index is 0.00546. The molecule has 1 aromatic rings. The molecule has 1 atom stereocenters. The third-order valence-corrected chi connectivity index (χ3v) is 4.69. The van der Waals surface area contributed by atoms with Crippen LogP contribution in [-0.2, 0) is 4.79 Å². The quantitative estimate of drug-likeness (QED) is 0.429. The van der Waals surface area contributed by atoms with Crippen LogP contribution in [0.25, 0.3) is 0 Å². The molecule has 0 bridgehead atoms. The molecule has 0 aromatic heterocycles. The molecule has 1 fully saturated rings. The van der Waals surface area contributed by atoms with E-state index in [9.17, 15) is 4.79 Å². The number of anilines is 1. The number of aliphatic imine (C=N–C) groups is 1. The van der Waals surface area contributed by atoms with Crippen molar-refractivity contribution < 1.29 is 9.53 Å². The van der Waals surface area contributed by atoms with Crippen molar-refractivity contribution in [2.45, 2.75) is 25.3 Å². The topological polar surface area (TPSA) is 83.2 Å². The van der Waals surface area contributed by atoms with E-state index in [0.29, 0.717) is 23.3 Å². The predicted octanol–water partition coefficient (Wildman–Crippen LogP) is 2.02. The Hall–Kier alpha value is -1.99. The minimum Gasteiger partial charge on any atom is -0.495 e. The van der Waals surface area contributed by atoms with Crippen LogP contribution < -0.4 is 15.8 Å². The van der Waals surface area contributed by atoms with Crippen LogP contribution in [0.3, 0.4) is 0 Å². The lowest BCUT2D eigenvalue weighted by molar-refractivity contribution is -0.133. The second-order valence-electron chi connectivity index (χ2n) is 6.52. The minimum absolute atomic E-state index is 0.00546. The Kier molecular flexibility index (Phi) is 7.53. The van der Waals surface area contributed by atoms with E-state index in [1.165, 1.54) is 0 Å². The fourth-order valence-corrected chi connectivity index (χ4v) is 3.33. The van der Waals surface area contributed by atoms with E-state index in [0.717, 1.165) is 38.0 Å². The molecule has 3 N–H and O–H groups in total. The molecule has 7 nitrogen and oxygen atoms in total. The van der Waals surface area contributed by atoms with Crippen molar-refractivity contribution in [1.82, 2.24) is 9.80 Å². The molecule has 1 unspecified atom stereocenters. The van der Waals surface area contributed by atoms with Gasteiger partial charge in [0.1, 0.15) is 5.75 Å². The highest BCUT2D eigenvalue weighted by Crippen LogP contribution is 2.27. The molecule has 2 rings (SSSR count). The van der Waals surface area contributed by atoms with Crippen LogP contribution in [0.5, 0.6) is 5.75 Å². The Morgan fingerprint density at radius 2 is 2.27 bits per heavy atom. The Morgan fingerprint density at radius 3 is 2.92 bits per heavy atom. The molecule has 1 aliphatic rings. The van der Waals surface area contributed by atoms with Crippen molar-refractivity contribution in [3.05, 3.63) is 23.2 Å². The van der Waals surface area contributed by atoms with Gasteiger partial charge in [-0.3, -0.25) is 14.7 Å². The number of amides is 1. The third-order valence-electron chi connectivity index (χ3n) is 4.40. The molecule has 0 spiro atoms. The number of likely N-dealkylation sites (N-methyl/N-ethyl adjacent to an activating group) is 1. The molecular formula is C18H28ClN5O2. The number of guanidine groups is 1. The Morgan fingerprint density at radius 1 is 1.50 bits per heavy atom. The normalized spacial score (nSPS) is 18.0. The first kappa shape index (κ1) is 20.3. The average molecular weight is 382 g/mol. The van der Waals surface area contributed by atoms with Gasteiger partial charge in [0, 0.05) is 32.9 Å². The highest BCUT2D eigenvalue weighted by atomic mass is 35.5. The average Bonchev–Trinajstić information content (AvgIpc) is 3.06. The van der Waals surface area contributed by atoms with Crippen LogP contribution in [0.2, 0.25) is 5.02 Å². The number of methoxy groups -OCH3 is 1. The van der Waals surface area contributed by atoms with Crippen LogP contribution in [0.1, 0.15) is 19.3 Å². The van der Waals surface area contributed by atoms with Crippen molar-refractivity contribution in [3.63, 3.8) is 0 Å². The van der Waals surface area contributed by atoms with Gasteiger partial charge < -0.3 is 20.7 Å². The molecular weight excluding hydrogens is 354 g/mol. The van der Waals surface area contributed by atoms with E-state index in [4.69, 9.17) is 22.1 Å². The largest absolute Gasteiger partial charge is 0.495 e. The first-order valence-electron chi connectivity index (χ1n) is 8.78. The summed E-state index contributed by atoms with van der Waals surface area (Å²) >= 11 is 6.09. The summed E-state index contributed by atoms with van der Waals surface area (Å²) in [5.41, 5.74) is 6.68. The van der Waals surface area contributed by atoms with Gasteiger partial charge in [0.05, 0.1) is 18.2 Å². The Labute approximate surface area is 160 Å². The lowest BCUT2D eigenvalue weighted by Crippen LogP contribution is -2.43. The van der Waals surface area contributed by atoms with Crippen LogP contribution in [0.4, 0.5) is 5.69 Å². The zero-order valence-corrected chi connectivity index (χ0v) is 16.4. The van der Waals surface area contributed by atoms with Gasteiger partial charge >= 0.3 is 0 Å². The van der Waals surface area contributed by atoms with Gasteiger partial charge in [-0.05, 0) is 44.0 Å². The predicted molar refractivity (Wildman–Crippen MR) is 106 cm³/mol. The van der Waals surface area contributed by atoms with Gasteiger partial charge in [0.25, 0.3) is 0 Å². The number of rotatable bonds is 7. The van der Waals surface area contributed by atoms with Crippen LogP contribution in [0, 0.1) is 0 Å². The van der Waals surface area contributed by atoms with Gasteiger partial charge in [0.15, 0.2) is 5.96 Å².